The monoisotopic (exact) mass is 328 g/mol. The van der Waals surface area contributed by atoms with E-state index in [9.17, 15) is 0 Å². The zero-order chi connectivity index (χ0) is 15.2. The molecule has 126 valence electrons. The summed E-state index contributed by atoms with van der Waals surface area (Å²) in [7, 11) is 5.42. The maximum atomic E-state index is 5.42. The van der Waals surface area contributed by atoms with Crippen molar-refractivity contribution in [2.45, 2.75) is 26.3 Å². The molecule has 2 rings (SSSR count). The third kappa shape index (κ3) is 4.77. The van der Waals surface area contributed by atoms with Gasteiger partial charge in [0.25, 0.3) is 0 Å². The molecule has 1 fully saturated rings. The Bertz CT molecular complexity index is 460. The molecule has 0 bridgehead atoms. The minimum absolute atomic E-state index is 0. The molecule has 1 aromatic rings. The van der Waals surface area contributed by atoms with Crippen molar-refractivity contribution in [2.24, 2.45) is 5.92 Å². The van der Waals surface area contributed by atoms with Crippen LogP contribution >= 0.6 is 12.4 Å². The van der Waals surface area contributed by atoms with Gasteiger partial charge in [0.05, 0.1) is 14.2 Å². The molecule has 5 heteroatoms. The first-order valence-corrected chi connectivity index (χ1v) is 7.76. The van der Waals surface area contributed by atoms with Gasteiger partial charge in [-0.05, 0) is 75.6 Å². The van der Waals surface area contributed by atoms with Crippen molar-refractivity contribution < 1.29 is 9.47 Å². The van der Waals surface area contributed by atoms with Crippen LogP contribution < -0.4 is 14.8 Å². The number of piperidine rings is 1. The zero-order valence-electron chi connectivity index (χ0n) is 14.1. The van der Waals surface area contributed by atoms with Gasteiger partial charge in [0.2, 0.25) is 0 Å². The summed E-state index contributed by atoms with van der Waals surface area (Å²) >= 11 is 0. The molecule has 1 saturated heterocycles. The molecule has 22 heavy (non-hydrogen) atoms. The topological polar surface area (TPSA) is 33.7 Å². The number of rotatable bonds is 6. The van der Waals surface area contributed by atoms with Crippen LogP contribution in [0, 0.1) is 12.8 Å². The van der Waals surface area contributed by atoms with E-state index >= 15 is 0 Å². The fourth-order valence-corrected chi connectivity index (χ4v) is 3.07. The van der Waals surface area contributed by atoms with Crippen LogP contribution in [0.3, 0.4) is 0 Å². The smallest absolute Gasteiger partial charge is 0.161 e. The normalized spacial score (nSPS) is 16.2. The van der Waals surface area contributed by atoms with E-state index in [-0.39, 0.29) is 12.4 Å². The lowest BCUT2D eigenvalue weighted by Crippen LogP contribution is -2.36. The second kappa shape index (κ2) is 9.23. The van der Waals surface area contributed by atoms with Gasteiger partial charge in [0.1, 0.15) is 0 Å². The summed E-state index contributed by atoms with van der Waals surface area (Å²) in [6.07, 6.45) is 2.57. The van der Waals surface area contributed by atoms with E-state index in [1.165, 1.54) is 37.1 Å². The number of nitrogens with zero attached hydrogens (tertiary/aromatic N) is 1. The van der Waals surface area contributed by atoms with Gasteiger partial charge in [-0.2, -0.15) is 0 Å². The van der Waals surface area contributed by atoms with E-state index in [1.807, 2.05) is 7.05 Å². The standard InChI is InChI=1S/C17H28N2O2.ClH/c1-13-9-16(20-3)17(21-4)10-15(13)12-19-7-5-14(6-8-19)11-18-2;/h9-10,14,18H,5-8,11-12H2,1-4H3;1H. The molecule has 1 aliphatic rings. The Balaban J connectivity index is 0.00000242. The van der Waals surface area contributed by atoms with Gasteiger partial charge in [-0.1, -0.05) is 0 Å². The third-order valence-electron chi connectivity index (χ3n) is 4.44. The molecule has 0 amide bonds. The number of nitrogens with one attached hydrogen (secondary N) is 1. The second-order valence-electron chi connectivity index (χ2n) is 5.91. The Morgan fingerprint density at radius 3 is 2.27 bits per heavy atom. The van der Waals surface area contributed by atoms with Crippen LogP contribution in [-0.4, -0.2) is 45.8 Å². The van der Waals surface area contributed by atoms with Gasteiger partial charge < -0.3 is 14.8 Å². The van der Waals surface area contributed by atoms with E-state index in [2.05, 4.69) is 29.3 Å². The minimum atomic E-state index is 0. The average molecular weight is 329 g/mol. The van der Waals surface area contributed by atoms with E-state index < -0.39 is 0 Å². The highest BCUT2D eigenvalue weighted by atomic mass is 35.5. The van der Waals surface area contributed by atoms with Crippen LogP contribution in [0.1, 0.15) is 24.0 Å². The van der Waals surface area contributed by atoms with Crippen molar-refractivity contribution in [3.63, 3.8) is 0 Å². The minimum Gasteiger partial charge on any atom is -0.493 e. The van der Waals surface area contributed by atoms with Crippen molar-refractivity contribution >= 4 is 12.4 Å². The number of halogens is 1. The van der Waals surface area contributed by atoms with Crippen LogP contribution in [0.4, 0.5) is 0 Å². The first-order chi connectivity index (χ1) is 10.2. The molecule has 1 aromatic carbocycles. The zero-order valence-corrected chi connectivity index (χ0v) is 15.0. The highest BCUT2D eigenvalue weighted by Gasteiger charge is 2.19. The molecular weight excluding hydrogens is 300 g/mol. The van der Waals surface area contributed by atoms with E-state index in [1.54, 1.807) is 14.2 Å². The number of hydrogen-bond donors (Lipinski definition) is 1. The van der Waals surface area contributed by atoms with Crippen molar-refractivity contribution in [3.05, 3.63) is 23.3 Å². The molecule has 0 spiro atoms. The number of ether oxygens (including phenoxy) is 2. The quantitative estimate of drug-likeness (QED) is 0.870. The Kier molecular flexibility index (Phi) is 8.01. The molecule has 1 N–H and O–H groups in total. The van der Waals surface area contributed by atoms with Crippen molar-refractivity contribution in [3.8, 4) is 11.5 Å². The molecule has 0 saturated carbocycles. The molecule has 0 unspecified atom stereocenters. The molecule has 1 heterocycles. The lowest BCUT2D eigenvalue weighted by molar-refractivity contribution is 0.176. The summed E-state index contributed by atoms with van der Waals surface area (Å²) in [6, 6.07) is 4.19. The number of aryl methyl sites for hydroxylation is 1. The van der Waals surface area contributed by atoms with E-state index in [4.69, 9.17) is 9.47 Å². The van der Waals surface area contributed by atoms with Gasteiger partial charge in [0, 0.05) is 6.54 Å². The first kappa shape index (κ1) is 19.1. The Morgan fingerprint density at radius 1 is 1.14 bits per heavy atom. The maximum Gasteiger partial charge on any atom is 0.161 e. The number of methoxy groups -OCH3 is 2. The van der Waals surface area contributed by atoms with Crippen LogP contribution in [0.15, 0.2) is 12.1 Å². The molecule has 4 nitrogen and oxygen atoms in total. The van der Waals surface area contributed by atoms with Gasteiger partial charge >= 0.3 is 0 Å². The summed E-state index contributed by atoms with van der Waals surface area (Å²) in [5.74, 6) is 2.47. The van der Waals surface area contributed by atoms with Crippen LogP contribution in [0.2, 0.25) is 0 Å². The highest BCUT2D eigenvalue weighted by molar-refractivity contribution is 5.85. The van der Waals surface area contributed by atoms with Crippen molar-refractivity contribution in [1.29, 1.82) is 0 Å². The van der Waals surface area contributed by atoms with Gasteiger partial charge in [-0.15, -0.1) is 12.4 Å². The SMILES string of the molecule is CNCC1CCN(Cc2cc(OC)c(OC)cc2C)CC1.Cl. The van der Waals surface area contributed by atoms with Crippen molar-refractivity contribution in [2.75, 3.05) is 40.9 Å². The summed E-state index contributed by atoms with van der Waals surface area (Å²) in [6.45, 7) is 6.65. The molecule has 0 radical (unpaired) electrons. The number of hydrogen-bond acceptors (Lipinski definition) is 4. The van der Waals surface area contributed by atoms with Gasteiger partial charge in [0.15, 0.2) is 11.5 Å². The summed E-state index contributed by atoms with van der Waals surface area (Å²) in [4.78, 5) is 2.54. The average Bonchev–Trinajstić information content (AvgIpc) is 2.51. The number of benzene rings is 1. The fraction of sp³-hybridized carbons (Fsp3) is 0.647. The Morgan fingerprint density at radius 2 is 1.73 bits per heavy atom. The Hall–Kier alpha value is -0.970. The number of likely N-dealkylation sites (tertiary alicyclic amines) is 1. The predicted molar refractivity (Wildman–Crippen MR) is 93.5 cm³/mol. The Labute approximate surface area is 140 Å². The first-order valence-electron chi connectivity index (χ1n) is 7.76. The van der Waals surface area contributed by atoms with E-state index in [0.29, 0.717) is 0 Å². The van der Waals surface area contributed by atoms with Crippen LogP contribution in [-0.2, 0) is 6.54 Å². The summed E-state index contributed by atoms with van der Waals surface area (Å²) in [5, 5.41) is 3.29. The molecule has 0 aromatic heterocycles. The lowest BCUT2D eigenvalue weighted by Gasteiger charge is -2.32. The largest absolute Gasteiger partial charge is 0.493 e. The molecule has 0 aliphatic carbocycles. The predicted octanol–water partition coefficient (Wildman–Crippen LogP) is 2.87. The molecule has 1 aliphatic heterocycles. The second-order valence-corrected chi connectivity index (χ2v) is 5.91. The summed E-state index contributed by atoms with van der Waals surface area (Å²) in [5.41, 5.74) is 2.60. The van der Waals surface area contributed by atoms with Crippen LogP contribution in [0.5, 0.6) is 11.5 Å². The van der Waals surface area contributed by atoms with E-state index in [0.717, 1.165) is 30.5 Å². The fourth-order valence-electron chi connectivity index (χ4n) is 3.07. The summed E-state index contributed by atoms with van der Waals surface area (Å²) < 4.78 is 10.8. The molecular formula is C17H29ClN2O2. The molecule has 0 atom stereocenters. The third-order valence-corrected chi connectivity index (χ3v) is 4.44. The van der Waals surface area contributed by atoms with Crippen molar-refractivity contribution in [1.82, 2.24) is 10.2 Å². The van der Waals surface area contributed by atoms with Gasteiger partial charge in [-0.3, -0.25) is 4.90 Å². The highest BCUT2D eigenvalue weighted by Crippen LogP contribution is 2.31. The maximum absolute atomic E-state index is 5.42. The lowest BCUT2D eigenvalue weighted by atomic mass is 9.96. The van der Waals surface area contributed by atoms with Gasteiger partial charge in [-0.25, -0.2) is 0 Å². The van der Waals surface area contributed by atoms with Crippen LogP contribution in [0.25, 0.3) is 0 Å².